The van der Waals surface area contributed by atoms with Crippen molar-refractivity contribution in [1.82, 2.24) is 9.78 Å². The van der Waals surface area contributed by atoms with Crippen LogP contribution in [0.4, 0.5) is 5.82 Å². The van der Waals surface area contributed by atoms with Crippen molar-refractivity contribution in [3.63, 3.8) is 0 Å². The van der Waals surface area contributed by atoms with Gasteiger partial charge in [0.15, 0.2) is 0 Å². The molecule has 2 aromatic rings. The third-order valence-electron chi connectivity index (χ3n) is 2.66. The van der Waals surface area contributed by atoms with Gasteiger partial charge in [-0.15, -0.1) is 0 Å². The van der Waals surface area contributed by atoms with Gasteiger partial charge < -0.3 is 5.32 Å². The zero-order valence-corrected chi connectivity index (χ0v) is 9.94. The number of nitrogens with one attached hydrogen (secondary N) is 1. The van der Waals surface area contributed by atoms with Gasteiger partial charge in [-0.05, 0) is 19.4 Å². The SMILES string of the molecule is Cc1ccc(C(C)Nc2ccn(C)n2)cc1. The van der Waals surface area contributed by atoms with Crippen LogP contribution in [-0.2, 0) is 7.05 Å². The van der Waals surface area contributed by atoms with Crippen LogP contribution in [-0.4, -0.2) is 9.78 Å². The number of rotatable bonds is 3. The van der Waals surface area contributed by atoms with Crippen molar-refractivity contribution in [2.75, 3.05) is 5.32 Å². The van der Waals surface area contributed by atoms with Crippen LogP contribution in [0.5, 0.6) is 0 Å². The van der Waals surface area contributed by atoms with Gasteiger partial charge in [0.05, 0.1) is 0 Å². The standard InChI is InChI=1S/C13H17N3/c1-10-4-6-12(7-5-10)11(2)14-13-8-9-16(3)15-13/h4-9,11H,1-3H3,(H,14,15). The summed E-state index contributed by atoms with van der Waals surface area (Å²) in [6, 6.07) is 10.8. The van der Waals surface area contributed by atoms with E-state index >= 15 is 0 Å². The number of nitrogens with zero attached hydrogens (tertiary/aromatic N) is 2. The summed E-state index contributed by atoms with van der Waals surface area (Å²) in [6.45, 7) is 4.24. The molecule has 0 bridgehead atoms. The van der Waals surface area contributed by atoms with E-state index in [0.29, 0.717) is 0 Å². The van der Waals surface area contributed by atoms with Gasteiger partial charge in [-0.25, -0.2) is 0 Å². The van der Waals surface area contributed by atoms with E-state index in [4.69, 9.17) is 0 Å². The molecule has 3 heteroatoms. The molecule has 1 heterocycles. The summed E-state index contributed by atoms with van der Waals surface area (Å²) in [5, 5.41) is 7.67. The molecule has 0 saturated carbocycles. The summed E-state index contributed by atoms with van der Waals surface area (Å²) >= 11 is 0. The van der Waals surface area contributed by atoms with Crippen LogP contribution in [0.3, 0.4) is 0 Å². The first-order chi connectivity index (χ1) is 7.65. The van der Waals surface area contributed by atoms with Gasteiger partial charge in [-0.2, -0.15) is 5.10 Å². The second-order valence-electron chi connectivity index (χ2n) is 4.15. The van der Waals surface area contributed by atoms with Gasteiger partial charge in [0.1, 0.15) is 5.82 Å². The molecular formula is C13H17N3. The summed E-state index contributed by atoms with van der Waals surface area (Å²) in [5.74, 6) is 0.913. The molecule has 0 amide bonds. The molecule has 0 aliphatic carbocycles. The highest BCUT2D eigenvalue weighted by molar-refractivity contribution is 5.37. The molecule has 84 valence electrons. The maximum atomic E-state index is 4.30. The average Bonchev–Trinajstić information content (AvgIpc) is 2.65. The van der Waals surface area contributed by atoms with Crippen molar-refractivity contribution in [2.24, 2.45) is 7.05 Å². The van der Waals surface area contributed by atoms with Crippen LogP contribution in [0.1, 0.15) is 24.1 Å². The monoisotopic (exact) mass is 215 g/mol. The Morgan fingerprint density at radius 1 is 1.19 bits per heavy atom. The van der Waals surface area contributed by atoms with Crippen LogP contribution in [0.15, 0.2) is 36.5 Å². The Morgan fingerprint density at radius 2 is 1.88 bits per heavy atom. The zero-order chi connectivity index (χ0) is 11.5. The lowest BCUT2D eigenvalue weighted by molar-refractivity contribution is 0.760. The van der Waals surface area contributed by atoms with Gasteiger partial charge in [-0.3, -0.25) is 4.68 Å². The Labute approximate surface area is 96.1 Å². The fraction of sp³-hybridized carbons (Fsp3) is 0.308. The maximum absolute atomic E-state index is 4.30. The topological polar surface area (TPSA) is 29.9 Å². The van der Waals surface area contributed by atoms with E-state index in [-0.39, 0.29) is 6.04 Å². The van der Waals surface area contributed by atoms with Crippen LogP contribution in [0, 0.1) is 6.92 Å². The molecule has 0 saturated heterocycles. The van der Waals surface area contributed by atoms with E-state index in [1.54, 1.807) is 4.68 Å². The molecular weight excluding hydrogens is 198 g/mol. The zero-order valence-electron chi connectivity index (χ0n) is 9.94. The fourth-order valence-electron chi connectivity index (χ4n) is 1.65. The lowest BCUT2D eigenvalue weighted by atomic mass is 10.1. The Hall–Kier alpha value is -1.77. The largest absolute Gasteiger partial charge is 0.362 e. The predicted molar refractivity (Wildman–Crippen MR) is 66.4 cm³/mol. The second kappa shape index (κ2) is 4.39. The number of hydrogen-bond donors (Lipinski definition) is 1. The smallest absolute Gasteiger partial charge is 0.148 e. The fourth-order valence-corrected chi connectivity index (χ4v) is 1.65. The van der Waals surface area contributed by atoms with Crippen LogP contribution >= 0.6 is 0 Å². The van der Waals surface area contributed by atoms with E-state index in [2.05, 4.69) is 48.5 Å². The van der Waals surface area contributed by atoms with Crippen LogP contribution < -0.4 is 5.32 Å². The molecule has 1 N–H and O–H groups in total. The predicted octanol–water partition coefficient (Wildman–Crippen LogP) is 2.90. The summed E-state index contributed by atoms with van der Waals surface area (Å²) in [4.78, 5) is 0. The van der Waals surface area contributed by atoms with Crippen LogP contribution in [0.2, 0.25) is 0 Å². The highest BCUT2D eigenvalue weighted by Crippen LogP contribution is 2.17. The second-order valence-corrected chi connectivity index (χ2v) is 4.15. The maximum Gasteiger partial charge on any atom is 0.148 e. The molecule has 1 unspecified atom stereocenters. The summed E-state index contributed by atoms with van der Waals surface area (Å²) in [7, 11) is 1.92. The van der Waals surface area contributed by atoms with Gasteiger partial charge in [0.2, 0.25) is 0 Å². The van der Waals surface area contributed by atoms with Crippen molar-refractivity contribution in [1.29, 1.82) is 0 Å². The average molecular weight is 215 g/mol. The van der Waals surface area contributed by atoms with Crippen molar-refractivity contribution in [3.05, 3.63) is 47.7 Å². The van der Waals surface area contributed by atoms with E-state index in [0.717, 1.165) is 5.82 Å². The third-order valence-corrected chi connectivity index (χ3v) is 2.66. The quantitative estimate of drug-likeness (QED) is 0.853. The molecule has 2 rings (SSSR count). The van der Waals surface area contributed by atoms with Gasteiger partial charge in [0, 0.05) is 25.4 Å². The number of benzene rings is 1. The lowest BCUT2D eigenvalue weighted by Gasteiger charge is -2.13. The normalized spacial score (nSPS) is 12.4. The first kappa shape index (κ1) is 10.7. The highest BCUT2D eigenvalue weighted by Gasteiger charge is 2.05. The van der Waals surface area contributed by atoms with Gasteiger partial charge in [-0.1, -0.05) is 29.8 Å². The summed E-state index contributed by atoms with van der Waals surface area (Å²) in [5.41, 5.74) is 2.56. The van der Waals surface area contributed by atoms with E-state index in [9.17, 15) is 0 Å². The first-order valence-electron chi connectivity index (χ1n) is 5.48. The Kier molecular flexibility index (Phi) is 2.95. The molecule has 0 fully saturated rings. The number of anilines is 1. The van der Waals surface area contributed by atoms with E-state index < -0.39 is 0 Å². The van der Waals surface area contributed by atoms with Crippen molar-refractivity contribution in [2.45, 2.75) is 19.9 Å². The molecule has 3 nitrogen and oxygen atoms in total. The first-order valence-corrected chi connectivity index (χ1v) is 5.48. The Bertz CT molecular complexity index is 456. The molecule has 16 heavy (non-hydrogen) atoms. The summed E-state index contributed by atoms with van der Waals surface area (Å²) in [6.07, 6.45) is 1.93. The molecule has 1 aromatic heterocycles. The molecule has 1 aromatic carbocycles. The Morgan fingerprint density at radius 3 is 2.44 bits per heavy atom. The highest BCUT2D eigenvalue weighted by atomic mass is 15.3. The minimum absolute atomic E-state index is 0.274. The molecule has 0 aliphatic heterocycles. The van der Waals surface area contributed by atoms with Crippen molar-refractivity contribution < 1.29 is 0 Å². The Balaban J connectivity index is 2.08. The van der Waals surface area contributed by atoms with E-state index in [1.807, 2.05) is 19.3 Å². The summed E-state index contributed by atoms with van der Waals surface area (Å²) < 4.78 is 1.80. The molecule has 0 spiro atoms. The molecule has 0 aliphatic rings. The minimum atomic E-state index is 0.274. The lowest BCUT2D eigenvalue weighted by Crippen LogP contribution is -2.07. The molecule has 1 atom stereocenters. The third kappa shape index (κ3) is 2.42. The number of aromatic nitrogens is 2. The number of hydrogen-bond acceptors (Lipinski definition) is 2. The number of aryl methyl sites for hydroxylation is 2. The van der Waals surface area contributed by atoms with Gasteiger partial charge >= 0.3 is 0 Å². The minimum Gasteiger partial charge on any atom is -0.362 e. The van der Waals surface area contributed by atoms with Crippen LogP contribution in [0.25, 0.3) is 0 Å². The van der Waals surface area contributed by atoms with Gasteiger partial charge in [0.25, 0.3) is 0 Å². The van der Waals surface area contributed by atoms with Crippen molar-refractivity contribution >= 4 is 5.82 Å². The molecule has 0 radical (unpaired) electrons. The van der Waals surface area contributed by atoms with Crippen molar-refractivity contribution in [3.8, 4) is 0 Å². The van der Waals surface area contributed by atoms with E-state index in [1.165, 1.54) is 11.1 Å².